The number of hydrogen-bond acceptors (Lipinski definition) is 4. The van der Waals surface area contributed by atoms with Gasteiger partial charge in [0.05, 0.1) is 11.1 Å². The summed E-state index contributed by atoms with van der Waals surface area (Å²) >= 11 is 6.43. The van der Waals surface area contributed by atoms with Crippen molar-refractivity contribution in [2.75, 3.05) is 38.1 Å². The molecule has 0 aliphatic carbocycles. The summed E-state index contributed by atoms with van der Waals surface area (Å²) in [6.07, 6.45) is 3.59. The maximum Gasteiger partial charge on any atom is 0.190 e. The number of anilines is 1. The predicted molar refractivity (Wildman–Crippen MR) is 146 cm³/mol. The van der Waals surface area contributed by atoms with Crippen molar-refractivity contribution in [2.24, 2.45) is 0 Å². The van der Waals surface area contributed by atoms with Crippen molar-refractivity contribution in [2.45, 2.75) is 6.92 Å². The summed E-state index contributed by atoms with van der Waals surface area (Å²) in [5.74, 6) is 0.682. The van der Waals surface area contributed by atoms with Crippen molar-refractivity contribution in [3.8, 4) is 11.1 Å². The second-order valence-electron chi connectivity index (χ2n) is 9.06. The van der Waals surface area contributed by atoms with E-state index >= 15 is 0 Å². The average Bonchev–Trinajstić information content (AvgIpc) is 2.88. The number of carbonyl (C=O) groups excluding carboxylic acids is 1. The average molecular weight is 482 g/mol. The maximum absolute atomic E-state index is 14.0. The molecule has 0 spiro atoms. The van der Waals surface area contributed by atoms with Crippen LogP contribution < -0.4 is 4.90 Å². The van der Waals surface area contributed by atoms with Gasteiger partial charge in [-0.05, 0) is 54.9 Å². The molecule has 4 nitrogen and oxygen atoms in total. The number of likely N-dealkylation sites (N-methyl/N-ethyl adjacent to an activating group) is 1. The van der Waals surface area contributed by atoms with Crippen LogP contribution in [0.2, 0.25) is 5.02 Å². The lowest BCUT2D eigenvalue weighted by Gasteiger charge is -2.34. The predicted octanol–water partition coefficient (Wildman–Crippen LogP) is 6.51. The Morgan fingerprint density at radius 3 is 2.40 bits per heavy atom. The minimum absolute atomic E-state index is 0.0598. The summed E-state index contributed by atoms with van der Waals surface area (Å²) in [4.78, 5) is 23.6. The number of pyridine rings is 1. The Labute approximate surface area is 211 Å². The van der Waals surface area contributed by atoms with Gasteiger partial charge in [0, 0.05) is 42.2 Å². The van der Waals surface area contributed by atoms with E-state index in [0.29, 0.717) is 10.6 Å². The van der Waals surface area contributed by atoms with Crippen LogP contribution in [0.25, 0.3) is 28.1 Å². The third-order valence-corrected chi connectivity index (χ3v) is 6.88. The molecule has 0 N–H and O–H groups in total. The Morgan fingerprint density at radius 2 is 1.66 bits per heavy atom. The molecule has 35 heavy (non-hydrogen) atoms. The molecule has 1 aliphatic rings. The van der Waals surface area contributed by atoms with Gasteiger partial charge in [0.1, 0.15) is 5.82 Å². The second kappa shape index (κ2) is 10.0. The van der Waals surface area contributed by atoms with Gasteiger partial charge in [-0.3, -0.25) is 4.79 Å². The summed E-state index contributed by atoms with van der Waals surface area (Å²) in [5, 5.41) is 1.51. The number of rotatable bonds is 5. The largest absolute Gasteiger partial charge is 0.353 e. The third kappa shape index (κ3) is 4.86. The van der Waals surface area contributed by atoms with E-state index in [1.807, 2.05) is 72.8 Å². The first-order chi connectivity index (χ1) is 17.0. The van der Waals surface area contributed by atoms with E-state index in [9.17, 15) is 4.79 Å². The molecule has 0 saturated carbocycles. The second-order valence-corrected chi connectivity index (χ2v) is 9.49. The SMILES string of the molecule is Cc1ccccc1/C=C/C(=O)c1c(N2CCN(C)CC2)nc2ccc(Cl)cc2c1-c1ccccc1. The van der Waals surface area contributed by atoms with Crippen LogP contribution in [0.4, 0.5) is 5.82 Å². The van der Waals surface area contributed by atoms with E-state index < -0.39 is 0 Å². The summed E-state index contributed by atoms with van der Waals surface area (Å²) < 4.78 is 0. The first kappa shape index (κ1) is 23.3. The first-order valence-electron chi connectivity index (χ1n) is 11.9. The lowest BCUT2D eigenvalue weighted by molar-refractivity contribution is 0.104. The van der Waals surface area contributed by atoms with Gasteiger partial charge in [0.25, 0.3) is 0 Å². The fourth-order valence-corrected chi connectivity index (χ4v) is 4.80. The van der Waals surface area contributed by atoms with Crippen LogP contribution in [0.15, 0.2) is 78.9 Å². The quantitative estimate of drug-likeness (QED) is 0.240. The molecule has 1 aromatic heterocycles. The Bertz CT molecular complexity index is 1410. The van der Waals surface area contributed by atoms with Gasteiger partial charge < -0.3 is 9.80 Å². The number of piperazine rings is 1. The molecule has 0 radical (unpaired) electrons. The Balaban J connectivity index is 1.75. The van der Waals surface area contributed by atoms with Gasteiger partial charge >= 0.3 is 0 Å². The normalized spacial score (nSPS) is 14.7. The van der Waals surface area contributed by atoms with Crippen molar-refractivity contribution in [3.63, 3.8) is 0 Å². The van der Waals surface area contributed by atoms with E-state index in [0.717, 1.165) is 65.2 Å². The van der Waals surface area contributed by atoms with Crippen LogP contribution in [0.3, 0.4) is 0 Å². The maximum atomic E-state index is 14.0. The van der Waals surface area contributed by atoms with Crippen LogP contribution in [-0.4, -0.2) is 48.9 Å². The number of carbonyl (C=O) groups is 1. The van der Waals surface area contributed by atoms with Crippen LogP contribution in [0.1, 0.15) is 21.5 Å². The molecule has 0 atom stereocenters. The molecule has 0 bridgehead atoms. The number of ketones is 1. The highest BCUT2D eigenvalue weighted by molar-refractivity contribution is 6.31. The van der Waals surface area contributed by atoms with E-state index in [1.165, 1.54) is 0 Å². The van der Waals surface area contributed by atoms with Crippen LogP contribution in [-0.2, 0) is 0 Å². The van der Waals surface area contributed by atoms with Crippen molar-refractivity contribution in [1.82, 2.24) is 9.88 Å². The zero-order chi connectivity index (χ0) is 24.4. The lowest BCUT2D eigenvalue weighted by Crippen LogP contribution is -2.45. The van der Waals surface area contributed by atoms with E-state index in [2.05, 4.69) is 29.8 Å². The molecule has 0 amide bonds. The molecule has 1 aliphatic heterocycles. The smallest absolute Gasteiger partial charge is 0.190 e. The number of fused-ring (bicyclic) bond motifs is 1. The topological polar surface area (TPSA) is 36.4 Å². The van der Waals surface area contributed by atoms with E-state index in [1.54, 1.807) is 6.08 Å². The highest BCUT2D eigenvalue weighted by atomic mass is 35.5. The molecule has 2 heterocycles. The van der Waals surface area contributed by atoms with Crippen molar-refractivity contribution in [3.05, 3.63) is 101 Å². The standard InChI is InChI=1S/C30H28ClN3O/c1-21-8-6-7-9-22(21)12-15-27(35)29-28(23-10-4-3-5-11-23)25-20-24(31)13-14-26(25)32-30(29)34-18-16-33(2)17-19-34/h3-15,20H,16-19H2,1-2H3/b15-12+. The molecule has 0 unspecified atom stereocenters. The summed E-state index contributed by atoms with van der Waals surface area (Å²) in [7, 11) is 2.12. The van der Waals surface area contributed by atoms with Crippen LogP contribution >= 0.6 is 11.6 Å². The van der Waals surface area contributed by atoms with Crippen LogP contribution in [0.5, 0.6) is 0 Å². The number of allylic oxidation sites excluding steroid dienone is 1. The van der Waals surface area contributed by atoms with Crippen LogP contribution in [0, 0.1) is 6.92 Å². The number of benzene rings is 3. The lowest BCUT2D eigenvalue weighted by atomic mass is 9.92. The minimum Gasteiger partial charge on any atom is -0.353 e. The van der Waals surface area contributed by atoms with Gasteiger partial charge in [-0.25, -0.2) is 4.98 Å². The number of aryl methyl sites for hydroxylation is 1. The Hall–Kier alpha value is -3.47. The monoisotopic (exact) mass is 481 g/mol. The first-order valence-corrected chi connectivity index (χ1v) is 12.3. The van der Waals surface area contributed by atoms with Gasteiger partial charge in [0.15, 0.2) is 5.78 Å². The highest BCUT2D eigenvalue weighted by Crippen LogP contribution is 2.38. The highest BCUT2D eigenvalue weighted by Gasteiger charge is 2.26. The molecular weight excluding hydrogens is 454 g/mol. The molecule has 1 fully saturated rings. The molecule has 4 aromatic rings. The molecule has 5 rings (SSSR count). The number of halogens is 1. The molecule has 1 saturated heterocycles. The summed E-state index contributed by atoms with van der Waals surface area (Å²) in [6, 6.07) is 23.9. The zero-order valence-corrected chi connectivity index (χ0v) is 20.8. The van der Waals surface area contributed by atoms with Gasteiger partial charge in [-0.1, -0.05) is 72.3 Å². The van der Waals surface area contributed by atoms with Gasteiger partial charge in [0.2, 0.25) is 0 Å². The Morgan fingerprint density at radius 1 is 0.943 bits per heavy atom. The molecule has 176 valence electrons. The molecule has 3 aromatic carbocycles. The molecule has 5 heteroatoms. The van der Waals surface area contributed by atoms with Crippen molar-refractivity contribution < 1.29 is 4.79 Å². The van der Waals surface area contributed by atoms with E-state index in [-0.39, 0.29) is 5.78 Å². The summed E-state index contributed by atoms with van der Waals surface area (Å²) in [6.45, 7) is 5.54. The minimum atomic E-state index is -0.0598. The van der Waals surface area contributed by atoms with Crippen molar-refractivity contribution >= 4 is 40.2 Å². The third-order valence-electron chi connectivity index (χ3n) is 6.64. The number of hydrogen-bond donors (Lipinski definition) is 0. The zero-order valence-electron chi connectivity index (χ0n) is 20.0. The van der Waals surface area contributed by atoms with Gasteiger partial charge in [-0.2, -0.15) is 0 Å². The summed E-state index contributed by atoms with van der Waals surface area (Å²) in [5.41, 5.74) is 5.47. The fraction of sp³-hybridized carbons (Fsp3) is 0.200. The number of nitrogens with zero attached hydrogens (tertiary/aromatic N) is 3. The van der Waals surface area contributed by atoms with E-state index in [4.69, 9.17) is 16.6 Å². The molecular formula is C30H28ClN3O. The van der Waals surface area contributed by atoms with Crippen molar-refractivity contribution in [1.29, 1.82) is 0 Å². The number of aromatic nitrogens is 1. The van der Waals surface area contributed by atoms with Gasteiger partial charge in [-0.15, -0.1) is 0 Å². The Kier molecular flexibility index (Phi) is 6.67. The fourth-order valence-electron chi connectivity index (χ4n) is 4.63.